The Morgan fingerprint density at radius 3 is 3.00 bits per heavy atom. The third-order valence-electron chi connectivity index (χ3n) is 3.66. The van der Waals surface area contributed by atoms with Crippen LogP contribution < -0.4 is 16.0 Å². The Morgan fingerprint density at radius 1 is 1.50 bits per heavy atom. The van der Waals surface area contributed by atoms with Gasteiger partial charge in [-0.3, -0.25) is 15.4 Å². The van der Waals surface area contributed by atoms with E-state index in [1.807, 2.05) is 0 Å². The first-order chi connectivity index (χ1) is 8.61. The zero-order chi connectivity index (χ0) is 13.1. The molecule has 2 unspecified atom stereocenters. The molecule has 0 radical (unpaired) electrons. The van der Waals surface area contributed by atoms with Gasteiger partial charge in [-0.25, -0.2) is 0 Å². The maximum absolute atomic E-state index is 11.9. The Labute approximate surface area is 110 Å². The molecule has 7 heteroatoms. The molecule has 2 heterocycles. The van der Waals surface area contributed by atoms with Crippen LogP contribution in [0.1, 0.15) is 25.7 Å². The van der Waals surface area contributed by atoms with Gasteiger partial charge in [0.25, 0.3) is 0 Å². The highest BCUT2D eigenvalue weighted by atomic mass is 32.2. The SMILES string of the molecule is CNC(=O)CCCC[C@H]1[C@H]2NC(O)N[C@H]2C[S+]1[O-]. The lowest BCUT2D eigenvalue weighted by molar-refractivity contribution is -0.120. The molecule has 2 aliphatic rings. The number of nitrogens with one attached hydrogen (secondary N) is 3. The van der Waals surface area contributed by atoms with Crippen LogP contribution in [0.3, 0.4) is 0 Å². The first kappa shape index (κ1) is 14.1. The van der Waals surface area contributed by atoms with Crippen LogP contribution in [-0.2, 0) is 16.0 Å². The van der Waals surface area contributed by atoms with E-state index in [1.165, 1.54) is 0 Å². The molecule has 0 spiro atoms. The third-order valence-corrected chi connectivity index (χ3v) is 5.55. The Hall–Kier alpha value is -0.340. The van der Waals surface area contributed by atoms with Crippen LogP contribution in [0.15, 0.2) is 0 Å². The number of amides is 1. The van der Waals surface area contributed by atoms with Gasteiger partial charge in [0.05, 0.1) is 12.1 Å². The Morgan fingerprint density at radius 2 is 2.28 bits per heavy atom. The summed E-state index contributed by atoms with van der Waals surface area (Å²) in [5, 5.41) is 18.1. The van der Waals surface area contributed by atoms with Gasteiger partial charge < -0.3 is 15.0 Å². The highest BCUT2D eigenvalue weighted by Crippen LogP contribution is 2.28. The summed E-state index contributed by atoms with van der Waals surface area (Å²) in [5.41, 5.74) is 0. The van der Waals surface area contributed by atoms with Crippen molar-refractivity contribution in [3.05, 3.63) is 0 Å². The minimum atomic E-state index is -0.837. The second-order valence-corrected chi connectivity index (χ2v) is 6.57. The number of unbranched alkanes of at least 4 members (excludes halogenated alkanes) is 1. The summed E-state index contributed by atoms with van der Waals surface area (Å²) in [4.78, 5) is 11.1. The smallest absolute Gasteiger partial charge is 0.219 e. The van der Waals surface area contributed by atoms with Crippen LogP contribution in [0.25, 0.3) is 0 Å². The fourth-order valence-electron chi connectivity index (χ4n) is 2.70. The summed E-state index contributed by atoms with van der Waals surface area (Å²) in [6, 6.07) is 0.214. The van der Waals surface area contributed by atoms with E-state index in [4.69, 9.17) is 0 Å². The van der Waals surface area contributed by atoms with E-state index in [1.54, 1.807) is 7.05 Å². The summed E-state index contributed by atoms with van der Waals surface area (Å²) in [5.74, 6) is 0.658. The number of hydrogen-bond acceptors (Lipinski definition) is 5. The van der Waals surface area contributed by atoms with Crippen LogP contribution in [0, 0.1) is 0 Å². The lowest BCUT2D eigenvalue weighted by Crippen LogP contribution is -2.41. The monoisotopic (exact) mass is 275 g/mol. The molecule has 0 saturated carbocycles. The summed E-state index contributed by atoms with van der Waals surface area (Å²) in [6.07, 6.45) is 2.40. The molecule has 0 aliphatic carbocycles. The Bertz CT molecular complexity index is 305. The van der Waals surface area contributed by atoms with E-state index in [9.17, 15) is 14.5 Å². The molecule has 0 aromatic carbocycles. The highest BCUT2D eigenvalue weighted by molar-refractivity contribution is 7.92. The van der Waals surface area contributed by atoms with E-state index in [-0.39, 0.29) is 23.2 Å². The maximum Gasteiger partial charge on any atom is 0.219 e. The van der Waals surface area contributed by atoms with Crippen molar-refractivity contribution in [1.29, 1.82) is 0 Å². The van der Waals surface area contributed by atoms with Gasteiger partial charge in [0, 0.05) is 13.5 Å². The third kappa shape index (κ3) is 3.16. The quantitative estimate of drug-likeness (QED) is 0.367. The number of aliphatic hydroxyl groups is 1. The fraction of sp³-hybridized carbons (Fsp3) is 0.909. The van der Waals surface area contributed by atoms with Gasteiger partial charge in [0.15, 0.2) is 6.35 Å². The van der Waals surface area contributed by atoms with Crippen LogP contribution in [0.5, 0.6) is 0 Å². The predicted molar refractivity (Wildman–Crippen MR) is 69.2 cm³/mol. The minimum absolute atomic E-state index is 0.0523. The summed E-state index contributed by atoms with van der Waals surface area (Å²) >= 11 is -0.837. The molecule has 2 rings (SSSR count). The van der Waals surface area contributed by atoms with Gasteiger partial charge in [0.1, 0.15) is 11.0 Å². The number of hydrogen-bond donors (Lipinski definition) is 4. The molecule has 18 heavy (non-hydrogen) atoms. The molecule has 0 aromatic rings. The molecular weight excluding hydrogens is 254 g/mol. The topological polar surface area (TPSA) is 96.5 Å². The van der Waals surface area contributed by atoms with Crippen molar-refractivity contribution < 1.29 is 14.5 Å². The van der Waals surface area contributed by atoms with Crippen molar-refractivity contribution in [2.75, 3.05) is 12.8 Å². The lowest BCUT2D eigenvalue weighted by atomic mass is 10.0. The summed E-state index contributed by atoms with van der Waals surface area (Å²) < 4.78 is 11.9. The first-order valence-corrected chi connectivity index (χ1v) is 7.78. The average Bonchev–Trinajstić information content (AvgIpc) is 2.81. The summed E-state index contributed by atoms with van der Waals surface area (Å²) in [6.45, 7) is 0. The maximum atomic E-state index is 11.9. The number of carbonyl (C=O) groups is 1. The van der Waals surface area contributed by atoms with Gasteiger partial charge in [-0.05, 0) is 30.4 Å². The molecule has 6 nitrogen and oxygen atoms in total. The molecular formula is C11H21N3O3S. The van der Waals surface area contributed by atoms with Crippen molar-refractivity contribution in [1.82, 2.24) is 16.0 Å². The Kier molecular flexibility index (Phi) is 4.85. The molecule has 1 amide bonds. The second kappa shape index (κ2) is 6.21. The Balaban J connectivity index is 1.73. The van der Waals surface area contributed by atoms with E-state index in [0.717, 1.165) is 19.3 Å². The fourth-order valence-corrected chi connectivity index (χ4v) is 4.63. The van der Waals surface area contributed by atoms with E-state index in [2.05, 4.69) is 16.0 Å². The molecule has 2 fully saturated rings. The second-order valence-electron chi connectivity index (χ2n) is 4.87. The van der Waals surface area contributed by atoms with E-state index < -0.39 is 17.5 Å². The largest absolute Gasteiger partial charge is 0.616 e. The standard InChI is InChI=1S/C11H21N3O3S/c1-12-9(15)5-3-2-4-8-10-7(6-18(8)17)13-11(16)14-10/h7-8,10-11,13-14,16H,2-6H2,1H3,(H,12,15)/t7-,8-,10-,11?,18?/m0/s1. The first-order valence-electron chi connectivity index (χ1n) is 6.39. The molecule has 4 N–H and O–H groups in total. The predicted octanol–water partition coefficient (Wildman–Crippen LogP) is -1.37. The van der Waals surface area contributed by atoms with Crippen molar-refractivity contribution in [3.8, 4) is 0 Å². The summed E-state index contributed by atoms with van der Waals surface area (Å²) in [7, 11) is 1.63. The lowest BCUT2D eigenvalue weighted by Gasteiger charge is -2.19. The van der Waals surface area contributed by atoms with Crippen molar-refractivity contribution >= 4 is 17.1 Å². The van der Waals surface area contributed by atoms with Gasteiger partial charge in [-0.15, -0.1) is 0 Å². The zero-order valence-corrected chi connectivity index (χ0v) is 11.3. The normalized spacial score (nSPS) is 38.7. The molecule has 104 valence electrons. The van der Waals surface area contributed by atoms with Crippen LogP contribution in [0.4, 0.5) is 0 Å². The van der Waals surface area contributed by atoms with E-state index >= 15 is 0 Å². The van der Waals surface area contributed by atoms with Crippen LogP contribution in [0.2, 0.25) is 0 Å². The number of fused-ring (bicyclic) bond motifs is 1. The van der Waals surface area contributed by atoms with E-state index in [0.29, 0.717) is 12.2 Å². The average molecular weight is 275 g/mol. The van der Waals surface area contributed by atoms with Gasteiger partial charge in [0.2, 0.25) is 5.91 Å². The zero-order valence-electron chi connectivity index (χ0n) is 10.5. The van der Waals surface area contributed by atoms with Gasteiger partial charge >= 0.3 is 0 Å². The molecule has 5 atom stereocenters. The van der Waals surface area contributed by atoms with Crippen molar-refractivity contribution in [3.63, 3.8) is 0 Å². The van der Waals surface area contributed by atoms with Gasteiger partial charge in [-0.1, -0.05) is 0 Å². The number of aliphatic hydroxyl groups excluding tert-OH is 1. The minimum Gasteiger partial charge on any atom is -0.616 e. The molecule has 0 aromatic heterocycles. The van der Waals surface area contributed by atoms with Crippen LogP contribution in [-0.4, -0.2) is 52.1 Å². The van der Waals surface area contributed by atoms with Crippen LogP contribution >= 0.6 is 0 Å². The number of rotatable bonds is 5. The molecule has 2 aliphatic heterocycles. The van der Waals surface area contributed by atoms with Crippen molar-refractivity contribution in [2.45, 2.75) is 49.4 Å². The highest BCUT2D eigenvalue weighted by Gasteiger charge is 2.50. The molecule has 2 saturated heterocycles. The van der Waals surface area contributed by atoms with Crippen molar-refractivity contribution in [2.24, 2.45) is 0 Å². The number of carbonyl (C=O) groups excluding carboxylic acids is 1. The molecule has 0 bridgehead atoms. The van der Waals surface area contributed by atoms with Gasteiger partial charge in [-0.2, -0.15) is 0 Å².